The summed E-state index contributed by atoms with van der Waals surface area (Å²) in [5.41, 5.74) is 6.99. The van der Waals surface area contributed by atoms with E-state index in [1.165, 1.54) is 0 Å². The lowest BCUT2D eigenvalue weighted by atomic mass is 9.86. The second kappa shape index (κ2) is 5.92. The molecule has 1 aromatic carbocycles. The van der Waals surface area contributed by atoms with Gasteiger partial charge in [0.05, 0.1) is 18.6 Å². The summed E-state index contributed by atoms with van der Waals surface area (Å²) in [5.74, 6) is 1.85. The van der Waals surface area contributed by atoms with Gasteiger partial charge in [-0.3, -0.25) is 0 Å². The number of nitrogens with two attached hydrogens (primary N) is 1. The van der Waals surface area contributed by atoms with Gasteiger partial charge in [-0.25, -0.2) is 8.42 Å². The molecule has 0 aliphatic carbocycles. The van der Waals surface area contributed by atoms with Crippen LogP contribution in [0.15, 0.2) is 24.3 Å². The SMILES string of the molecule is COc1cccc(CC(CN)C2CCS(=O)(=O)C2)c1. The van der Waals surface area contributed by atoms with Gasteiger partial charge < -0.3 is 10.5 Å². The minimum absolute atomic E-state index is 0.196. The molecule has 0 amide bonds. The maximum absolute atomic E-state index is 11.6. The first-order valence-electron chi connectivity index (χ1n) is 6.57. The van der Waals surface area contributed by atoms with Gasteiger partial charge in [-0.2, -0.15) is 0 Å². The Morgan fingerprint density at radius 1 is 1.47 bits per heavy atom. The third-order valence-electron chi connectivity index (χ3n) is 3.87. The molecule has 2 atom stereocenters. The zero-order valence-corrected chi connectivity index (χ0v) is 12.0. The summed E-state index contributed by atoms with van der Waals surface area (Å²) in [6, 6.07) is 7.88. The summed E-state index contributed by atoms with van der Waals surface area (Å²) in [6.07, 6.45) is 1.56. The van der Waals surface area contributed by atoms with E-state index in [0.717, 1.165) is 24.2 Å². The van der Waals surface area contributed by atoms with Gasteiger partial charge in [-0.05, 0) is 48.9 Å². The van der Waals surface area contributed by atoms with Gasteiger partial charge in [-0.15, -0.1) is 0 Å². The summed E-state index contributed by atoms with van der Waals surface area (Å²) >= 11 is 0. The number of methoxy groups -OCH3 is 1. The van der Waals surface area contributed by atoms with E-state index in [-0.39, 0.29) is 11.8 Å². The molecule has 1 aromatic rings. The van der Waals surface area contributed by atoms with Crippen molar-refractivity contribution in [1.29, 1.82) is 0 Å². The van der Waals surface area contributed by atoms with Crippen molar-refractivity contribution in [2.75, 3.05) is 25.2 Å². The molecular formula is C14H21NO3S. The van der Waals surface area contributed by atoms with E-state index in [4.69, 9.17) is 10.5 Å². The van der Waals surface area contributed by atoms with E-state index in [9.17, 15) is 8.42 Å². The molecule has 2 N–H and O–H groups in total. The summed E-state index contributed by atoms with van der Waals surface area (Å²) in [6.45, 7) is 0.525. The van der Waals surface area contributed by atoms with Crippen molar-refractivity contribution < 1.29 is 13.2 Å². The molecule has 2 unspecified atom stereocenters. The van der Waals surface area contributed by atoms with Crippen molar-refractivity contribution in [3.63, 3.8) is 0 Å². The average molecular weight is 283 g/mol. The maximum Gasteiger partial charge on any atom is 0.150 e. The monoisotopic (exact) mass is 283 g/mol. The highest BCUT2D eigenvalue weighted by atomic mass is 32.2. The minimum atomic E-state index is -2.84. The van der Waals surface area contributed by atoms with Crippen LogP contribution in [0.3, 0.4) is 0 Å². The molecule has 0 radical (unpaired) electrons. The van der Waals surface area contributed by atoms with Crippen molar-refractivity contribution in [1.82, 2.24) is 0 Å². The van der Waals surface area contributed by atoms with Crippen LogP contribution in [0.1, 0.15) is 12.0 Å². The number of hydrogen-bond acceptors (Lipinski definition) is 4. The zero-order valence-electron chi connectivity index (χ0n) is 11.2. The van der Waals surface area contributed by atoms with E-state index < -0.39 is 9.84 Å². The molecule has 0 bridgehead atoms. The number of rotatable bonds is 5. The molecule has 106 valence electrons. The lowest BCUT2D eigenvalue weighted by Crippen LogP contribution is -2.26. The molecule has 5 heteroatoms. The van der Waals surface area contributed by atoms with E-state index in [2.05, 4.69) is 0 Å². The van der Waals surface area contributed by atoms with E-state index in [1.807, 2.05) is 24.3 Å². The van der Waals surface area contributed by atoms with Gasteiger partial charge in [0.1, 0.15) is 5.75 Å². The third-order valence-corrected chi connectivity index (χ3v) is 5.66. The standard InChI is InChI=1S/C14H21NO3S/c1-18-14-4-2-3-11(8-14)7-13(9-15)12-5-6-19(16,17)10-12/h2-4,8,12-13H,5-7,9-10,15H2,1H3. The van der Waals surface area contributed by atoms with Crippen molar-refractivity contribution in [3.05, 3.63) is 29.8 Å². The first-order chi connectivity index (χ1) is 9.04. The summed E-state index contributed by atoms with van der Waals surface area (Å²) < 4.78 is 28.3. The van der Waals surface area contributed by atoms with Gasteiger partial charge in [0, 0.05) is 0 Å². The average Bonchev–Trinajstić information content (AvgIpc) is 2.76. The normalized spacial score (nSPS) is 23.2. The highest BCUT2D eigenvalue weighted by Gasteiger charge is 2.32. The number of sulfone groups is 1. The van der Waals surface area contributed by atoms with Crippen LogP contribution in [0, 0.1) is 11.8 Å². The highest BCUT2D eigenvalue weighted by Crippen LogP contribution is 2.28. The Hall–Kier alpha value is -1.07. The van der Waals surface area contributed by atoms with E-state index in [0.29, 0.717) is 18.1 Å². The highest BCUT2D eigenvalue weighted by molar-refractivity contribution is 7.91. The van der Waals surface area contributed by atoms with Crippen molar-refractivity contribution >= 4 is 9.84 Å². The number of ether oxygens (including phenoxy) is 1. The molecule has 2 rings (SSSR count). The fourth-order valence-corrected chi connectivity index (χ4v) is 4.66. The molecule has 1 heterocycles. The Balaban J connectivity index is 2.06. The van der Waals surface area contributed by atoms with Gasteiger partial charge in [0.2, 0.25) is 0 Å². The Morgan fingerprint density at radius 3 is 2.84 bits per heavy atom. The predicted octanol–water partition coefficient (Wildman–Crippen LogP) is 1.25. The van der Waals surface area contributed by atoms with Crippen LogP contribution >= 0.6 is 0 Å². The van der Waals surface area contributed by atoms with Gasteiger partial charge >= 0.3 is 0 Å². The van der Waals surface area contributed by atoms with Crippen LogP contribution in [0.4, 0.5) is 0 Å². The second-order valence-corrected chi connectivity index (χ2v) is 7.44. The van der Waals surface area contributed by atoms with Crippen LogP contribution in [-0.4, -0.2) is 33.6 Å². The molecule has 0 aromatic heterocycles. The molecule has 1 aliphatic heterocycles. The summed E-state index contributed by atoms with van der Waals surface area (Å²) in [4.78, 5) is 0. The predicted molar refractivity (Wildman–Crippen MR) is 76.0 cm³/mol. The minimum Gasteiger partial charge on any atom is -0.497 e. The maximum atomic E-state index is 11.6. The zero-order chi connectivity index (χ0) is 13.9. The molecule has 1 fully saturated rings. The van der Waals surface area contributed by atoms with E-state index >= 15 is 0 Å². The van der Waals surface area contributed by atoms with Crippen molar-refractivity contribution in [3.8, 4) is 5.75 Å². The van der Waals surface area contributed by atoms with Crippen LogP contribution in [0.2, 0.25) is 0 Å². The van der Waals surface area contributed by atoms with Crippen molar-refractivity contribution in [2.45, 2.75) is 12.8 Å². The van der Waals surface area contributed by atoms with Crippen LogP contribution in [-0.2, 0) is 16.3 Å². The fourth-order valence-electron chi connectivity index (χ4n) is 2.74. The smallest absolute Gasteiger partial charge is 0.150 e. The topological polar surface area (TPSA) is 69.4 Å². The number of benzene rings is 1. The molecule has 19 heavy (non-hydrogen) atoms. The second-order valence-electron chi connectivity index (χ2n) is 5.21. The largest absolute Gasteiger partial charge is 0.497 e. The summed E-state index contributed by atoms with van der Waals surface area (Å²) in [5, 5.41) is 0. The summed E-state index contributed by atoms with van der Waals surface area (Å²) in [7, 11) is -1.19. The Morgan fingerprint density at radius 2 is 2.26 bits per heavy atom. The molecule has 1 saturated heterocycles. The first kappa shape index (κ1) is 14.3. The van der Waals surface area contributed by atoms with Crippen LogP contribution in [0.5, 0.6) is 5.75 Å². The third kappa shape index (κ3) is 3.70. The Bertz CT molecular complexity index is 527. The quantitative estimate of drug-likeness (QED) is 0.883. The van der Waals surface area contributed by atoms with Crippen LogP contribution < -0.4 is 10.5 Å². The van der Waals surface area contributed by atoms with E-state index in [1.54, 1.807) is 7.11 Å². The van der Waals surface area contributed by atoms with Gasteiger partial charge in [0.15, 0.2) is 9.84 Å². The van der Waals surface area contributed by atoms with Crippen molar-refractivity contribution in [2.24, 2.45) is 17.6 Å². The molecule has 0 spiro atoms. The lowest BCUT2D eigenvalue weighted by molar-refractivity contribution is 0.369. The van der Waals surface area contributed by atoms with Crippen LogP contribution in [0.25, 0.3) is 0 Å². The van der Waals surface area contributed by atoms with Gasteiger partial charge in [0.25, 0.3) is 0 Å². The molecule has 1 aliphatic rings. The molecular weight excluding hydrogens is 262 g/mol. The Labute approximate surface area is 114 Å². The molecule has 0 saturated carbocycles. The lowest BCUT2D eigenvalue weighted by Gasteiger charge is -2.21. The number of hydrogen-bond donors (Lipinski definition) is 1. The van der Waals surface area contributed by atoms with Gasteiger partial charge in [-0.1, -0.05) is 12.1 Å². The fraction of sp³-hybridized carbons (Fsp3) is 0.571. The molecule has 4 nitrogen and oxygen atoms in total. The Kier molecular flexibility index (Phi) is 4.47. The first-order valence-corrected chi connectivity index (χ1v) is 8.39.